The standard InChI is InChI=1S/C12H14N4S/c1-2-3-4-8-5-6-9-10(7-8)17-12-15-14-11(13)16(9)12/h5-7H,2-4H2,1H3,(H2,13,14). The van der Waals surface area contributed by atoms with E-state index < -0.39 is 0 Å². The monoisotopic (exact) mass is 246 g/mol. The summed E-state index contributed by atoms with van der Waals surface area (Å²) < 4.78 is 3.14. The SMILES string of the molecule is CCCCc1ccc2c(c1)sc1nnc(N)n12. The molecule has 2 N–H and O–H groups in total. The fourth-order valence-electron chi connectivity index (χ4n) is 2.03. The van der Waals surface area contributed by atoms with Crippen molar-refractivity contribution in [3.8, 4) is 0 Å². The van der Waals surface area contributed by atoms with Crippen LogP contribution in [-0.2, 0) is 6.42 Å². The molecule has 88 valence electrons. The van der Waals surface area contributed by atoms with Crippen molar-refractivity contribution in [1.82, 2.24) is 14.6 Å². The number of fused-ring (bicyclic) bond motifs is 3. The van der Waals surface area contributed by atoms with E-state index in [9.17, 15) is 0 Å². The number of aromatic nitrogens is 3. The Balaban J connectivity index is 2.14. The van der Waals surface area contributed by atoms with Crippen molar-refractivity contribution in [2.45, 2.75) is 26.2 Å². The highest BCUT2D eigenvalue weighted by molar-refractivity contribution is 7.23. The molecule has 0 saturated heterocycles. The van der Waals surface area contributed by atoms with Gasteiger partial charge >= 0.3 is 0 Å². The molecule has 2 aromatic heterocycles. The Morgan fingerprint density at radius 3 is 3.06 bits per heavy atom. The first-order chi connectivity index (χ1) is 8.29. The van der Waals surface area contributed by atoms with Gasteiger partial charge in [-0.05, 0) is 30.5 Å². The Morgan fingerprint density at radius 2 is 2.24 bits per heavy atom. The van der Waals surface area contributed by atoms with Gasteiger partial charge in [0.25, 0.3) is 0 Å². The average Bonchev–Trinajstić information content (AvgIpc) is 2.86. The molecule has 0 aliphatic carbocycles. The van der Waals surface area contributed by atoms with Gasteiger partial charge in [0.15, 0.2) is 0 Å². The van der Waals surface area contributed by atoms with E-state index in [1.54, 1.807) is 11.3 Å². The van der Waals surface area contributed by atoms with Crippen LogP contribution in [0.1, 0.15) is 25.3 Å². The van der Waals surface area contributed by atoms with Crippen LogP contribution < -0.4 is 5.73 Å². The molecule has 17 heavy (non-hydrogen) atoms. The quantitative estimate of drug-likeness (QED) is 0.773. The third-order valence-corrected chi connectivity index (χ3v) is 3.94. The smallest absolute Gasteiger partial charge is 0.227 e. The number of nitrogens with zero attached hydrogens (tertiary/aromatic N) is 3. The van der Waals surface area contributed by atoms with E-state index >= 15 is 0 Å². The van der Waals surface area contributed by atoms with Crippen LogP contribution in [-0.4, -0.2) is 14.6 Å². The third-order valence-electron chi connectivity index (χ3n) is 2.94. The van der Waals surface area contributed by atoms with Gasteiger partial charge in [0, 0.05) is 0 Å². The number of anilines is 1. The van der Waals surface area contributed by atoms with Gasteiger partial charge in [0.2, 0.25) is 10.9 Å². The van der Waals surface area contributed by atoms with Crippen molar-refractivity contribution >= 4 is 32.5 Å². The Morgan fingerprint density at radius 1 is 1.35 bits per heavy atom. The van der Waals surface area contributed by atoms with E-state index in [4.69, 9.17) is 5.73 Å². The molecule has 1 aromatic carbocycles. The van der Waals surface area contributed by atoms with Crippen LogP contribution in [0.2, 0.25) is 0 Å². The molecule has 3 rings (SSSR count). The zero-order valence-corrected chi connectivity index (χ0v) is 10.5. The minimum absolute atomic E-state index is 0.465. The summed E-state index contributed by atoms with van der Waals surface area (Å²) in [6, 6.07) is 6.52. The summed E-state index contributed by atoms with van der Waals surface area (Å²) in [4.78, 5) is 0.866. The lowest BCUT2D eigenvalue weighted by Gasteiger charge is -2.00. The number of benzene rings is 1. The predicted molar refractivity (Wildman–Crippen MR) is 71.4 cm³/mol. The van der Waals surface area contributed by atoms with Crippen molar-refractivity contribution in [2.75, 3.05) is 5.73 Å². The number of aryl methyl sites for hydroxylation is 1. The third kappa shape index (κ3) is 1.67. The summed E-state index contributed by atoms with van der Waals surface area (Å²) in [5.41, 5.74) is 8.29. The summed E-state index contributed by atoms with van der Waals surface area (Å²) >= 11 is 1.64. The number of nitrogen functional groups attached to an aromatic ring is 1. The van der Waals surface area contributed by atoms with E-state index in [1.165, 1.54) is 23.1 Å². The van der Waals surface area contributed by atoms with Gasteiger partial charge < -0.3 is 5.73 Å². The molecule has 0 aliphatic heterocycles. The molecular weight excluding hydrogens is 232 g/mol. The molecule has 0 unspecified atom stereocenters. The maximum Gasteiger partial charge on any atom is 0.227 e. The van der Waals surface area contributed by atoms with Crippen LogP contribution in [0.5, 0.6) is 0 Å². The molecule has 2 heterocycles. The second kappa shape index (κ2) is 4.00. The lowest BCUT2D eigenvalue weighted by atomic mass is 10.1. The Labute approximate surface area is 103 Å². The maximum absolute atomic E-state index is 5.80. The second-order valence-electron chi connectivity index (χ2n) is 4.18. The summed E-state index contributed by atoms with van der Waals surface area (Å²) in [5, 5.41) is 7.93. The summed E-state index contributed by atoms with van der Waals surface area (Å²) in [7, 11) is 0. The molecule has 0 amide bonds. The zero-order valence-electron chi connectivity index (χ0n) is 9.68. The normalized spacial score (nSPS) is 11.6. The van der Waals surface area contributed by atoms with Crippen molar-refractivity contribution in [1.29, 1.82) is 0 Å². The molecule has 0 bridgehead atoms. The van der Waals surface area contributed by atoms with Crippen LogP contribution in [0, 0.1) is 0 Å². The molecule has 0 aliphatic rings. The van der Waals surface area contributed by atoms with Gasteiger partial charge in [0.05, 0.1) is 10.2 Å². The molecule has 0 radical (unpaired) electrons. The number of hydrogen-bond acceptors (Lipinski definition) is 4. The van der Waals surface area contributed by atoms with Gasteiger partial charge in [0.1, 0.15) is 0 Å². The van der Waals surface area contributed by atoms with Crippen molar-refractivity contribution in [3.63, 3.8) is 0 Å². The average molecular weight is 246 g/mol. The maximum atomic E-state index is 5.80. The molecule has 0 fully saturated rings. The van der Waals surface area contributed by atoms with Crippen LogP contribution in [0.25, 0.3) is 15.2 Å². The van der Waals surface area contributed by atoms with E-state index in [1.807, 2.05) is 4.40 Å². The van der Waals surface area contributed by atoms with Gasteiger partial charge in [-0.1, -0.05) is 30.7 Å². The van der Waals surface area contributed by atoms with Crippen LogP contribution >= 0.6 is 11.3 Å². The molecule has 0 saturated carbocycles. The fourth-order valence-corrected chi connectivity index (χ4v) is 3.07. The first-order valence-electron chi connectivity index (χ1n) is 5.81. The molecule has 0 spiro atoms. The lowest BCUT2D eigenvalue weighted by Crippen LogP contribution is -1.92. The van der Waals surface area contributed by atoms with E-state index in [2.05, 4.69) is 35.3 Å². The molecular formula is C12H14N4S. The Bertz CT molecular complexity index is 668. The van der Waals surface area contributed by atoms with Crippen LogP contribution in [0.15, 0.2) is 18.2 Å². The number of thiazole rings is 1. The lowest BCUT2D eigenvalue weighted by molar-refractivity contribution is 0.796. The van der Waals surface area contributed by atoms with Gasteiger partial charge in [-0.2, -0.15) is 0 Å². The predicted octanol–water partition coefficient (Wildman–Crippen LogP) is 2.87. The Kier molecular flexibility index (Phi) is 2.48. The number of nitrogens with two attached hydrogens (primary N) is 1. The topological polar surface area (TPSA) is 56.2 Å². The fraction of sp³-hybridized carbons (Fsp3) is 0.333. The number of rotatable bonds is 3. The summed E-state index contributed by atoms with van der Waals surface area (Å²) in [6.45, 7) is 2.21. The Hall–Kier alpha value is -1.62. The molecule has 5 heteroatoms. The highest BCUT2D eigenvalue weighted by Crippen LogP contribution is 2.28. The minimum Gasteiger partial charge on any atom is -0.368 e. The van der Waals surface area contributed by atoms with Gasteiger partial charge in [-0.15, -0.1) is 10.2 Å². The highest BCUT2D eigenvalue weighted by Gasteiger charge is 2.10. The summed E-state index contributed by atoms with van der Waals surface area (Å²) in [5.74, 6) is 0.465. The largest absolute Gasteiger partial charge is 0.368 e. The number of unbranched alkanes of at least 4 members (excludes halogenated alkanes) is 1. The van der Waals surface area contributed by atoms with E-state index in [0.717, 1.165) is 16.9 Å². The zero-order chi connectivity index (χ0) is 11.8. The number of hydrogen-bond donors (Lipinski definition) is 1. The minimum atomic E-state index is 0.465. The van der Waals surface area contributed by atoms with Crippen LogP contribution in [0.4, 0.5) is 5.95 Å². The highest BCUT2D eigenvalue weighted by atomic mass is 32.1. The first kappa shape index (κ1) is 10.5. The molecule has 4 nitrogen and oxygen atoms in total. The van der Waals surface area contributed by atoms with Crippen molar-refractivity contribution in [2.24, 2.45) is 0 Å². The first-order valence-corrected chi connectivity index (χ1v) is 6.63. The molecule has 0 atom stereocenters. The molecule has 3 aromatic rings. The van der Waals surface area contributed by atoms with Gasteiger partial charge in [-0.25, -0.2) is 0 Å². The van der Waals surface area contributed by atoms with Crippen molar-refractivity contribution in [3.05, 3.63) is 23.8 Å². The van der Waals surface area contributed by atoms with Crippen LogP contribution in [0.3, 0.4) is 0 Å². The van der Waals surface area contributed by atoms with Crippen molar-refractivity contribution < 1.29 is 0 Å². The van der Waals surface area contributed by atoms with E-state index in [-0.39, 0.29) is 0 Å². The second-order valence-corrected chi connectivity index (χ2v) is 5.19. The van der Waals surface area contributed by atoms with E-state index in [0.29, 0.717) is 5.95 Å². The summed E-state index contributed by atoms with van der Waals surface area (Å²) in [6.07, 6.45) is 3.60. The van der Waals surface area contributed by atoms with Gasteiger partial charge in [-0.3, -0.25) is 4.40 Å².